The molecule has 0 saturated heterocycles. The molecule has 0 rings (SSSR count). The minimum atomic E-state index is -1.18. The van der Waals surface area contributed by atoms with E-state index >= 15 is 0 Å². The Hall–Kier alpha value is -2.40. The van der Waals surface area contributed by atoms with E-state index in [-0.39, 0.29) is 32.0 Å². The Labute approximate surface area is 115 Å². The molecule has 0 aliphatic carbocycles. The smallest absolute Gasteiger partial charge is 0.307 e. The van der Waals surface area contributed by atoms with E-state index in [1.165, 1.54) is 0 Å². The van der Waals surface area contributed by atoms with Gasteiger partial charge in [-0.15, -0.1) is 0 Å². The lowest BCUT2D eigenvalue weighted by atomic mass is 10.0. The fraction of sp³-hybridized carbons (Fsp3) is 0.500. The van der Waals surface area contributed by atoms with E-state index in [1.807, 2.05) is 0 Å². The molecule has 1 unspecified atom stereocenters. The van der Waals surface area contributed by atoms with Gasteiger partial charge in [0.2, 0.25) is 11.6 Å². The number of carboxylic acids is 1. The predicted molar refractivity (Wildman–Crippen MR) is 64.6 cm³/mol. The molecule has 0 aromatic carbocycles. The van der Waals surface area contributed by atoms with Gasteiger partial charge in [-0.05, 0) is 6.42 Å². The minimum absolute atomic E-state index is 0.00800. The first kappa shape index (κ1) is 17.6. The molecule has 0 radical (unpaired) electrons. The number of hydrogen-bond acceptors (Lipinski definition) is 7. The summed E-state index contributed by atoms with van der Waals surface area (Å²) in [6.45, 7) is -1.09. The molecule has 0 bridgehead atoms. The largest absolute Gasteiger partial charge is 0.481 e. The highest BCUT2D eigenvalue weighted by atomic mass is 16.4. The van der Waals surface area contributed by atoms with Crippen molar-refractivity contribution >= 4 is 30.1 Å². The second-order valence-electron chi connectivity index (χ2n) is 4.07. The summed E-state index contributed by atoms with van der Waals surface area (Å²) in [5, 5.41) is 17.4. The summed E-state index contributed by atoms with van der Waals surface area (Å²) >= 11 is 0. The van der Waals surface area contributed by atoms with Gasteiger partial charge in [0.1, 0.15) is 0 Å². The lowest BCUT2D eigenvalue weighted by molar-refractivity contribution is -0.143. The van der Waals surface area contributed by atoms with Crippen LogP contribution >= 0.6 is 0 Å². The van der Waals surface area contributed by atoms with Crippen molar-refractivity contribution in [3.63, 3.8) is 0 Å². The van der Waals surface area contributed by atoms with Crippen molar-refractivity contribution in [1.82, 2.24) is 4.90 Å². The molecule has 0 amide bonds. The van der Waals surface area contributed by atoms with Crippen molar-refractivity contribution in [2.75, 3.05) is 19.6 Å². The van der Waals surface area contributed by atoms with Crippen LogP contribution in [-0.4, -0.2) is 59.7 Å². The second-order valence-corrected chi connectivity index (χ2v) is 4.07. The molecule has 0 aromatic heterocycles. The van der Waals surface area contributed by atoms with Crippen molar-refractivity contribution in [2.45, 2.75) is 12.8 Å². The third-order valence-electron chi connectivity index (χ3n) is 2.45. The SMILES string of the molecule is N#CCCC(CN(CC(=O)C=O)CC(=O)C=O)C(=O)O. The summed E-state index contributed by atoms with van der Waals surface area (Å²) in [6.07, 6.45) is 0.174. The molecule has 8 heteroatoms. The zero-order valence-corrected chi connectivity index (χ0v) is 10.7. The van der Waals surface area contributed by atoms with Gasteiger partial charge < -0.3 is 5.11 Å². The van der Waals surface area contributed by atoms with E-state index in [1.54, 1.807) is 6.07 Å². The lowest BCUT2D eigenvalue weighted by Gasteiger charge is -2.22. The molecule has 0 aliphatic heterocycles. The number of carbonyl (C=O) groups excluding carboxylic acids is 4. The Kier molecular flexibility index (Phi) is 8.38. The first-order valence-corrected chi connectivity index (χ1v) is 5.72. The van der Waals surface area contributed by atoms with Crippen LogP contribution < -0.4 is 0 Å². The Morgan fingerprint density at radius 3 is 2.00 bits per heavy atom. The topological polar surface area (TPSA) is 133 Å². The first-order chi connectivity index (χ1) is 9.44. The van der Waals surface area contributed by atoms with Crippen LogP contribution in [0.1, 0.15) is 12.8 Å². The third-order valence-corrected chi connectivity index (χ3v) is 2.45. The third kappa shape index (κ3) is 7.13. The molecule has 0 saturated carbocycles. The summed E-state index contributed by atoms with van der Waals surface area (Å²) in [5.74, 6) is -3.79. The molecule has 20 heavy (non-hydrogen) atoms. The van der Waals surface area contributed by atoms with Gasteiger partial charge in [0.15, 0.2) is 12.6 Å². The van der Waals surface area contributed by atoms with E-state index in [0.29, 0.717) is 0 Å². The molecule has 1 N–H and O–H groups in total. The standard InChI is InChI=1S/C12H14N2O6/c13-3-1-2-9(12(19)20)4-14(5-10(17)7-15)6-11(18)8-16/h7-9H,1-2,4-6H2,(H,19,20). The van der Waals surface area contributed by atoms with Crippen molar-refractivity contribution in [2.24, 2.45) is 5.92 Å². The number of aliphatic carboxylic acids is 1. The average molecular weight is 282 g/mol. The monoisotopic (exact) mass is 282 g/mol. The lowest BCUT2D eigenvalue weighted by Crippen LogP contribution is -2.40. The molecule has 1 atom stereocenters. The number of rotatable bonds is 11. The van der Waals surface area contributed by atoms with Crippen molar-refractivity contribution in [1.29, 1.82) is 5.26 Å². The van der Waals surface area contributed by atoms with Gasteiger partial charge in [-0.1, -0.05) is 0 Å². The fourth-order valence-corrected chi connectivity index (χ4v) is 1.54. The fourth-order valence-electron chi connectivity index (χ4n) is 1.54. The molecule has 108 valence electrons. The van der Waals surface area contributed by atoms with E-state index in [4.69, 9.17) is 10.4 Å². The maximum Gasteiger partial charge on any atom is 0.307 e. The molecule has 8 nitrogen and oxygen atoms in total. The van der Waals surface area contributed by atoms with Gasteiger partial charge in [-0.25, -0.2) is 0 Å². The number of aldehydes is 2. The van der Waals surface area contributed by atoms with E-state index < -0.39 is 36.5 Å². The van der Waals surface area contributed by atoms with Gasteiger partial charge >= 0.3 is 5.97 Å². The van der Waals surface area contributed by atoms with E-state index in [0.717, 1.165) is 4.90 Å². The quantitative estimate of drug-likeness (QED) is 0.370. The number of carbonyl (C=O) groups is 5. The average Bonchev–Trinajstić information content (AvgIpc) is 2.42. The van der Waals surface area contributed by atoms with Gasteiger partial charge in [-0.3, -0.25) is 28.9 Å². The summed E-state index contributed by atoms with van der Waals surface area (Å²) in [7, 11) is 0. The van der Waals surface area contributed by atoms with Crippen LogP contribution in [0, 0.1) is 17.2 Å². The Morgan fingerprint density at radius 1 is 1.15 bits per heavy atom. The molecule has 0 heterocycles. The maximum absolute atomic E-state index is 11.0. The molecule has 0 spiro atoms. The van der Waals surface area contributed by atoms with Crippen LogP contribution in [0.5, 0.6) is 0 Å². The van der Waals surface area contributed by atoms with Gasteiger partial charge in [-0.2, -0.15) is 5.26 Å². The molecule has 0 aromatic rings. The second kappa shape index (κ2) is 9.52. The zero-order chi connectivity index (χ0) is 15.5. The van der Waals surface area contributed by atoms with Crippen LogP contribution in [0.15, 0.2) is 0 Å². The number of ketones is 2. The summed E-state index contributed by atoms with van der Waals surface area (Å²) in [5.41, 5.74) is 0. The van der Waals surface area contributed by atoms with Crippen LogP contribution in [0.2, 0.25) is 0 Å². The summed E-state index contributed by atoms with van der Waals surface area (Å²) in [4.78, 5) is 54.8. The Bertz CT molecular complexity index is 418. The first-order valence-electron chi connectivity index (χ1n) is 5.72. The highest BCUT2D eigenvalue weighted by Gasteiger charge is 2.23. The van der Waals surface area contributed by atoms with E-state index in [2.05, 4.69) is 0 Å². The summed E-state index contributed by atoms with van der Waals surface area (Å²) in [6, 6.07) is 1.80. The zero-order valence-electron chi connectivity index (χ0n) is 10.7. The number of nitrogens with zero attached hydrogens (tertiary/aromatic N) is 2. The van der Waals surface area contributed by atoms with Crippen molar-refractivity contribution in [3.8, 4) is 6.07 Å². The highest BCUT2D eigenvalue weighted by Crippen LogP contribution is 2.09. The number of Topliss-reactive ketones (excluding diaryl/α,β-unsaturated/α-hetero) is 2. The number of hydrogen-bond donors (Lipinski definition) is 1. The summed E-state index contributed by atoms with van der Waals surface area (Å²) < 4.78 is 0. The Balaban J connectivity index is 4.80. The highest BCUT2D eigenvalue weighted by molar-refractivity contribution is 6.27. The molecule has 0 fully saturated rings. The molecule has 0 aliphatic rings. The van der Waals surface area contributed by atoms with Gasteiger partial charge in [0, 0.05) is 13.0 Å². The van der Waals surface area contributed by atoms with Crippen molar-refractivity contribution < 1.29 is 29.1 Å². The van der Waals surface area contributed by atoms with Crippen LogP contribution in [0.25, 0.3) is 0 Å². The van der Waals surface area contributed by atoms with Crippen molar-refractivity contribution in [3.05, 3.63) is 0 Å². The van der Waals surface area contributed by atoms with Gasteiger partial charge in [0.05, 0.1) is 25.1 Å². The van der Waals surface area contributed by atoms with E-state index in [9.17, 15) is 24.0 Å². The minimum Gasteiger partial charge on any atom is -0.481 e. The van der Waals surface area contributed by atoms with Crippen LogP contribution in [0.3, 0.4) is 0 Å². The molecular formula is C12H14N2O6. The van der Waals surface area contributed by atoms with Gasteiger partial charge in [0.25, 0.3) is 0 Å². The van der Waals surface area contributed by atoms with Crippen LogP contribution in [-0.2, 0) is 24.0 Å². The maximum atomic E-state index is 11.0. The number of carboxylic acid groups (broad SMARTS) is 1. The molecular weight excluding hydrogens is 268 g/mol. The Morgan fingerprint density at radius 2 is 1.65 bits per heavy atom. The van der Waals surface area contributed by atoms with Crippen LogP contribution in [0.4, 0.5) is 0 Å². The normalized spacial score (nSPS) is 11.4. The number of nitriles is 1. The predicted octanol–water partition coefficient (Wildman–Crippen LogP) is -1.17.